The number of hydrogen-bond donors (Lipinski definition) is 0. The number of ether oxygens (including phenoxy) is 2. The van der Waals surface area contributed by atoms with Crippen molar-refractivity contribution < 1.29 is 14.3 Å². The van der Waals surface area contributed by atoms with E-state index < -0.39 is 12.0 Å². The zero-order valence-electron chi connectivity index (χ0n) is 26.9. The Labute approximate surface area is 286 Å². The predicted octanol–water partition coefficient (Wildman–Crippen LogP) is 7.16. The van der Waals surface area contributed by atoms with E-state index in [9.17, 15) is 9.59 Å². The maximum Gasteiger partial charge on any atom is 0.338 e. The van der Waals surface area contributed by atoms with Gasteiger partial charge in [-0.3, -0.25) is 9.36 Å². The number of carbonyl (C=O) groups is 1. The molecule has 0 amide bonds. The van der Waals surface area contributed by atoms with E-state index in [4.69, 9.17) is 26.1 Å². The largest absolute Gasteiger partial charge is 0.496 e. The number of carbonyl (C=O) groups excluding carboxylic acids is 1. The molecule has 0 aliphatic carbocycles. The molecule has 48 heavy (non-hydrogen) atoms. The van der Waals surface area contributed by atoms with E-state index in [1.54, 1.807) is 18.6 Å². The number of aryl methyl sites for hydroxylation is 1. The van der Waals surface area contributed by atoms with Crippen LogP contribution in [0.2, 0.25) is 5.02 Å². The molecule has 7 nitrogen and oxygen atoms in total. The number of nitrogens with zero attached hydrogens (tertiary/aromatic N) is 3. The molecule has 6 aromatic rings. The van der Waals surface area contributed by atoms with Crippen molar-refractivity contribution in [2.75, 3.05) is 13.7 Å². The maximum absolute atomic E-state index is 14.7. The molecule has 4 aromatic carbocycles. The number of methoxy groups -OCH3 is 1. The summed E-state index contributed by atoms with van der Waals surface area (Å²) in [6, 6.07) is 30.1. The van der Waals surface area contributed by atoms with Crippen molar-refractivity contribution in [2.24, 2.45) is 4.99 Å². The van der Waals surface area contributed by atoms with Crippen LogP contribution in [0.3, 0.4) is 0 Å². The summed E-state index contributed by atoms with van der Waals surface area (Å²) >= 11 is 7.46. The van der Waals surface area contributed by atoms with Gasteiger partial charge in [0.15, 0.2) is 4.80 Å². The van der Waals surface area contributed by atoms with Crippen LogP contribution < -0.4 is 19.6 Å². The van der Waals surface area contributed by atoms with E-state index in [2.05, 4.69) is 10.6 Å². The third-order valence-corrected chi connectivity index (χ3v) is 9.87. The molecule has 0 unspecified atom stereocenters. The Morgan fingerprint density at radius 1 is 0.979 bits per heavy atom. The lowest BCUT2D eigenvalue weighted by molar-refractivity contribution is -0.138. The molecule has 0 fully saturated rings. The first-order valence-electron chi connectivity index (χ1n) is 15.6. The minimum Gasteiger partial charge on any atom is -0.496 e. The van der Waals surface area contributed by atoms with E-state index in [1.807, 2.05) is 111 Å². The second kappa shape index (κ2) is 12.8. The van der Waals surface area contributed by atoms with Gasteiger partial charge in [-0.1, -0.05) is 83.6 Å². The molecule has 0 N–H and O–H groups in total. The van der Waals surface area contributed by atoms with Gasteiger partial charge in [-0.05, 0) is 79.6 Å². The number of rotatable bonds is 7. The van der Waals surface area contributed by atoms with Crippen LogP contribution >= 0.6 is 22.9 Å². The Morgan fingerprint density at radius 2 is 1.71 bits per heavy atom. The average Bonchev–Trinajstić information content (AvgIpc) is 3.57. The van der Waals surface area contributed by atoms with Gasteiger partial charge in [0.05, 0.1) is 29.5 Å². The van der Waals surface area contributed by atoms with Crippen LogP contribution in [0.15, 0.2) is 112 Å². The Bertz CT molecular complexity index is 2420. The first-order chi connectivity index (χ1) is 23.3. The van der Waals surface area contributed by atoms with Gasteiger partial charge >= 0.3 is 5.97 Å². The summed E-state index contributed by atoms with van der Waals surface area (Å²) in [5.41, 5.74) is 5.78. The number of thiazole rings is 1. The number of halogens is 1. The molecule has 0 saturated carbocycles. The fraction of sp³-hybridized carbons (Fsp3) is 0.154. The van der Waals surface area contributed by atoms with Crippen LogP contribution in [0, 0.1) is 13.8 Å². The standard InChI is InChI=1S/C39H32ClN3O4S/c1-5-47-38(45)34-35(26-12-7-6-8-13-26)41-39-43(36(34)33-30-14-10-9-11-25(30)15-20-31(33)46-4)37(44)32(48-39)22-27-21-23(2)42(24(27)3)29-18-16-28(40)17-19-29/h6-22,36H,5H2,1-4H3/b32-22+/t36-/m0/s1. The second-order valence-electron chi connectivity index (χ2n) is 11.5. The fourth-order valence-electron chi connectivity index (χ4n) is 6.51. The summed E-state index contributed by atoms with van der Waals surface area (Å²) in [6.07, 6.45) is 1.91. The van der Waals surface area contributed by atoms with Crippen molar-refractivity contribution in [3.05, 3.63) is 155 Å². The first kappa shape index (κ1) is 31.4. The van der Waals surface area contributed by atoms with Gasteiger partial charge in [-0.2, -0.15) is 0 Å². The SMILES string of the molecule is CCOC(=O)C1=C(c2ccccc2)N=c2s/c(=C/c3cc(C)n(-c4ccc(Cl)cc4)c3C)c(=O)n2[C@H]1c1c(OC)ccc2ccccc12. The number of fused-ring (bicyclic) bond motifs is 2. The van der Waals surface area contributed by atoms with Gasteiger partial charge in [0.2, 0.25) is 0 Å². The van der Waals surface area contributed by atoms with Crippen LogP contribution in [0.5, 0.6) is 5.75 Å². The maximum atomic E-state index is 14.7. The summed E-state index contributed by atoms with van der Waals surface area (Å²) < 4.78 is 15.9. The minimum absolute atomic E-state index is 0.164. The highest BCUT2D eigenvalue weighted by molar-refractivity contribution is 7.07. The molecule has 9 heteroatoms. The van der Waals surface area contributed by atoms with E-state index in [0.717, 1.165) is 39.0 Å². The van der Waals surface area contributed by atoms with Crippen molar-refractivity contribution in [2.45, 2.75) is 26.8 Å². The molecule has 0 radical (unpaired) electrons. The van der Waals surface area contributed by atoms with Crippen LogP contribution in [0.25, 0.3) is 28.2 Å². The molecule has 1 aliphatic rings. The van der Waals surface area contributed by atoms with Crippen LogP contribution in [0.4, 0.5) is 0 Å². The third kappa shape index (κ3) is 5.37. The highest BCUT2D eigenvalue weighted by atomic mass is 35.5. The van der Waals surface area contributed by atoms with Crippen molar-refractivity contribution in [3.63, 3.8) is 0 Å². The monoisotopic (exact) mass is 673 g/mol. The van der Waals surface area contributed by atoms with E-state index >= 15 is 0 Å². The van der Waals surface area contributed by atoms with Crippen molar-refractivity contribution in [1.29, 1.82) is 0 Å². The zero-order valence-corrected chi connectivity index (χ0v) is 28.4. The van der Waals surface area contributed by atoms with E-state index in [-0.39, 0.29) is 17.7 Å². The van der Waals surface area contributed by atoms with Gasteiger partial charge < -0.3 is 14.0 Å². The second-order valence-corrected chi connectivity index (χ2v) is 12.9. The molecule has 1 atom stereocenters. The van der Waals surface area contributed by atoms with Crippen LogP contribution in [0.1, 0.15) is 41.0 Å². The molecule has 1 aliphatic heterocycles. The smallest absolute Gasteiger partial charge is 0.338 e. The van der Waals surface area contributed by atoms with Crippen molar-refractivity contribution in [1.82, 2.24) is 9.13 Å². The van der Waals surface area contributed by atoms with E-state index in [1.165, 1.54) is 11.3 Å². The lowest BCUT2D eigenvalue weighted by Crippen LogP contribution is -2.40. The summed E-state index contributed by atoms with van der Waals surface area (Å²) in [4.78, 5) is 34.2. The van der Waals surface area contributed by atoms with Gasteiger partial charge in [0, 0.05) is 33.2 Å². The normalized spacial score (nSPS) is 14.6. The predicted molar refractivity (Wildman–Crippen MR) is 192 cm³/mol. The highest BCUT2D eigenvalue weighted by Gasteiger charge is 2.37. The first-order valence-corrected chi connectivity index (χ1v) is 16.8. The summed E-state index contributed by atoms with van der Waals surface area (Å²) in [7, 11) is 1.60. The number of esters is 1. The molecule has 2 aromatic heterocycles. The van der Waals surface area contributed by atoms with Gasteiger partial charge in [-0.15, -0.1) is 0 Å². The quantitative estimate of drug-likeness (QED) is 0.169. The molecule has 0 spiro atoms. The number of hydrogen-bond acceptors (Lipinski definition) is 6. The Morgan fingerprint density at radius 3 is 2.44 bits per heavy atom. The minimum atomic E-state index is -0.875. The fourth-order valence-corrected chi connectivity index (χ4v) is 7.63. The van der Waals surface area contributed by atoms with E-state index in [0.29, 0.717) is 31.4 Å². The van der Waals surface area contributed by atoms with Gasteiger partial charge in [0.1, 0.15) is 11.8 Å². The van der Waals surface area contributed by atoms with Crippen molar-refractivity contribution >= 4 is 51.5 Å². The molecule has 3 heterocycles. The molecule has 0 saturated heterocycles. The summed E-state index contributed by atoms with van der Waals surface area (Å²) in [6.45, 7) is 5.99. The topological polar surface area (TPSA) is 74.8 Å². The zero-order chi connectivity index (χ0) is 33.5. The number of aromatic nitrogens is 2. The van der Waals surface area contributed by atoms with Crippen LogP contribution in [-0.4, -0.2) is 28.8 Å². The molecular weight excluding hydrogens is 642 g/mol. The Hall–Kier alpha value is -5.18. The summed E-state index contributed by atoms with van der Waals surface area (Å²) in [5, 5.41) is 2.47. The molecule has 240 valence electrons. The Kier molecular flexibility index (Phi) is 8.37. The molecular formula is C39H32ClN3O4S. The third-order valence-electron chi connectivity index (χ3n) is 8.64. The lowest BCUT2D eigenvalue weighted by Gasteiger charge is -2.28. The summed E-state index contributed by atoms with van der Waals surface area (Å²) in [5.74, 6) is 0.0109. The molecule has 0 bridgehead atoms. The highest BCUT2D eigenvalue weighted by Crippen LogP contribution is 2.42. The van der Waals surface area contributed by atoms with Crippen LogP contribution in [-0.2, 0) is 9.53 Å². The number of benzene rings is 4. The van der Waals surface area contributed by atoms with Crippen molar-refractivity contribution in [3.8, 4) is 11.4 Å². The average molecular weight is 674 g/mol. The molecule has 7 rings (SSSR count). The van der Waals surface area contributed by atoms with Gasteiger partial charge in [-0.25, -0.2) is 9.79 Å². The lowest BCUT2D eigenvalue weighted by atomic mass is 9.89. The Balaban J connectivity index is 1.54. The van der Waals surface area contributed by atoms with Gasteiger partial charge in [0.25, 0.3) is 5.56 Å².